The Hall–Kier alpha value is -3.91. The third-order valence-electron chi connectivity index (χ3n) is 13.7. The van der Waals surface area contributed by atoms with E-state index in [1.165, 1.54) is 37.4 Å². The number of benzene rings is 3. The van der Waals surface area contributed by atoms with Crippen molar-refractivity contribution in [3.8, 4) is 0 Å². The highest BCUT2D eigenvalue weighted by atomic mass is 32.2. The Labute approximate surface area is 341 Å². The molecule has 4 aliphatic heterocycles. The van der Waals surface area contributed by atoms with Crippen molar-refractivity contribution in [3.63, 3.8) is 0 Å². The van der Waals surface area contributed by atoms with E-state index in [2.05, 4.69) is 21.2 Å². The number of amides is 1. The van der Waals surface area contributed by atoms with Crippen molar-refractivity contribution in [3.05, 3.63) is 89.7 Å². The van der Waals surface area contributed by atoms with Gasteiger partial charge in [-0.2, -0.15) is 0 Å². The first-order valence-corrected chi connectivity index (χ1v) is 22.5. The lowest BCUT2D eigenvalue weighted by Gasteiger charge is -2.54. The minimum atomic E-state index is -3.82. The molecular weight excluding hydrogens is 763 g/mol. The molecule has 0 radical (unpaired) electrons. The largest absolute Gasteiger partial charge is 0.469 e. The zero-order chi connectivity index (χ0) is 40.5. The number of rotatable bonds is 15. The van der Waals surface area contributed by atoms with E-state index in [-0.39, 0.29) is 63.7 Å². The summed E-state index contributed by atoms with van der Waals surface area (Å²) in [5.41, 5.74) is 0.461. The van der Waals surface area contributed by atoms with Crippen LogP contribution in [0.3, 0.4) is 0 Å². The van der Waals surface area contributed by atoms with Crippen LogP contribution >= 0.6 is 0 Å². The molecule has 4 saturated heterocycles. The van der Waals surface area contributed by atoms with Gasteiger partial charge in [-0.15, -0.1) is 0 Å². The number of carbonyl (C=O) groups excluding carboxylic acids is 2. The second-order valence-corrected chi connectivity index (χ2v) is 19.4. The summed E-state index contributed by atoms with van der Waals surface area (Å²) in [6, 6.07) is 19.7. The van der Waals surface area contributed by atoms with E-state index in [4.69, 9.17) is 9.47 Å². The van der Waals surface area contributed by atoms with Gasteiger partial charge in [0.1, 0.15) is 5.82 Å². The Morgan fingerprint density at radius 3 is 2.19 bits per heavy atom. The van der Waals surface area contributed by atoms with Crippen molar-refractivity contribution in [2.75, 3.05) is 84.1 Å². The van der Waals surface area contributed by atoms with Gasteiger partial charge >= 0.3 is 5.97 Å². The summed E-state index contributed by atoms with van der Waals surface area (Å²) < 4.78 is 68.5. The fourth-order valence-corrected chi connectivity index (χ4v) is 11.7. The summed E-state index contributed by atoms with van der Waals surface area (Å²) in [5, 5.41) is 2.86. The molecule has 1 N–H and O–H groups in total. The van der Waals surface area contributed by atoms with Crippen molar-refractivity contribution >= 4 is 27.4 Å². The van der Waals surface area contributed by atoms with Crippen LogP contribution in [-0.4, -0.2) is 115 Å². The van der Waals surface area contributed by atoms with Crippen LogP contribution in [-0.2, 0) is 29.5 Å². The van der Waals surface area contributed by atoms with Crippen LogP contribution < -0.4 is 10.2 Å². The lowest BCUT2D eigenvalue weighted by atomic mass is 9.56. The number of sulfone groups is 1. The van der Waals surface area contributed by atoms with Crippen molar-refractivity contribution in [1.29, 1.82) is 0 Å². The Bertz CT molecular complexity index is 2030. The normalized spacial score (nSPS) is 23.9. The van der Waals surface area contributed by atoms with Crippen LogP contribution in [0.2, 0.25) is 0 Å². The first-order chi connectivity index (χ1) is 28.0. The number of ether oxygens (including phenoxy) is 2. The van der Waals surface area contributed by atoms with Gasteiger partial charge < -0.3 is 24.6 Å². The SMILES string of the molecule is COC(=O)C[C@H]1CCC[C@@H]1[C@](CN1CCC1)(c1cccc(F)c1)C1CCN(CC2(F)CN(c3ccc(S(=O)(=O)c4ccc(C(=O)NCC5COC5)cc4)cc3)C2)CC1. The number of nitrogens with zero attached hydrogens (tertiary/aromatic N) is 3. The number of alkyl halides is 1. The van der Waals surface area contributed by atoms with Crippen molar-refractivity contribution in [1.82, 2.24) is 15.1 Å². The molecule has 3 aromatic carbocycles. The third-order valence-corrected chi connectivity index (χ3v) is 15.5. The quantitative estimate of drug-likeness (QED) is 0.188. The lowest BCUT2D eigenvalue weighted by molar-refractivity contribution is -0.142. The van der Waals surface area contributed by atoms with Gasteiger partial charge in [-0.3, -0.25) is 14.5 Å². The third kappa shape index (κ3) is 8.42. The number of esters is 1. The second-order valence-electron chi connectivity index (χ2n) is 17.5. The van der Waals surface area contributed by atoms with E-state index >= 15 is 8.78 Å². The van der Waals surface area contributed by atoms with Crippen LogP contribution in [0, 0.1) is 29.5 Å². The minimum absolute atomic E-state index is 0.0951. The number of carbonyl (C=O) groups is 2. The first-order valence-electron chi connectivity index (χ1n) is 21.0. The van der Waals surface area contributed by atoms with Crippen LogP contribution in [0.5, 0.6) is 0 Å². The van der Waals surface area contributed by atoms with Crippen molar-refractivity contribution < 1.29 is 36.3 Å². The Morgan fingerprint density at radius 1 is 0.897 bits per heavy atom. The number of halogens is 2. The van der Waals surface area contributed by atoms with Crippen LogP contribution in [0.4, 0.5) is 14.5 Å². The molecule has 3 aromatic rings. The smallest absolute Gasteiger partial charge is 0.305 e. The summed E-state index contributed by atoms with van der Waals surface area (Å²) >= 11 is 0. The van der Waals surface area contributed by atoms with Gasteiger partial charge in [0.15, 0.2) is 5.67 Å². The summed E-state index contributed by atoms with van der Waals surface area (Å²) in [4.78, 5) is 32.0. The summed E-state index contributed by atoms with van der Waals surface area (Å²) in [6.07, 6.45) is 6.26. The zero-order valence-electron chi connectivity index (χ0n) is 33.4. The number of likely N-dealkylation sites (tertiary alicyclic amines) is 2. The summed E-state index contributed by atoms with van der Waals surface area (Å²) in [5.74, 6) is 0.277. The van der Waals surface area contributed by atoms with Gasteiger partial charge in [0, 0.05) is 48.6 Å². The van der Waals surface area contributed by atoms with E-state index in [0.29, 0.717) is 44.2 Å². The van der Waals surface area contributed by atoms with Gasteiger partial charge in [-0.25, -0.2) is 17.2 Å². The maximum Gasteiger partial charge on any atom is 0.305 e. The molecule has 13 heteroatoms. The average molecular weight is 819 g/mol. The fraction of sp³-hybridized carbons (Fsp3) is 0.556. The molecule has 312 valence electrons. The lowest BCUT2D eigenvalue weighted by Crippen LogP contribution is -2.64. The fourth-order valence-electron chi connectivity index (χ4n) is 10.5. The van der Waals surface area contributed by atoms with Crippen LogP contribution in [0.1, 0.15) is 60.9 Å². The molecule has 5 fully saturated rings. The maximum absolute atomic E-state index is 16.3. The van der Waals surface area contributed by atoms with Gasteiger partial charge in [-0.1, -0.05) is 18.6 Å². The highest BCUT2D eigenvalue weighted by Gasteiger charge is 2.53. The topological polar surface area (TPSA) is 108 Å². The average Bonchev–Trinajstić information content (AvgIpc) is 3.64. The van der Waals surface area contributed by atoms with E-state index in [1.54, 1.807) is 30.3 Å². The molecule has 0 spiro atoms. The van der Waals surface area contributed by atoms with Crippen molar-refractivity contribution in [2.45, 2.75) is 65.8 Å². The molecule has 0 unspecified atom stereocenters. The molecule has 8 rings (SSSR count). The number of piperidine rings is 1. The van der Waals surface area contributed by atoms with Crippen molar-refractivity contribution in [2.24, 2.45) is 23.7 Å². The summed E-state index contributed by atoms with van der Waals surface area (Å²) in [7, 11) is -2.37. The predicted octanol–water partition coefficient (Wildman–Crippen LogP) is 5.90. The Morgan fingerprint density at radius 2 is 1.59 bits per heavy atom. The minimum Gasteiger partial charge on any atom is -0.469 e. The Balaban J connectivity index is 0.893. The predicted molar refractivity (Wildman–Crippen MR) is 217 cm³/mol. The van der Waals surface area contributed by atoms with Crippen LogP contribution in [0.15, 0.2) is 82.6 Å². The number of hydrogen-bond donors (Lipinski definition) is 1. The van der Waals surface area contributed by atoms with Gasteiger partial charge in [-0.05, 0) is 142 Å². The zero-order valence-corrected chi connectivity index (χ0v) is 34.2. The van der Waals surface area contributed by atoms with E-state index in [9.17, 15) is 18.0 Å². The molecule has 3 atom stereocenters. The number of methoxy groups -OCH3 is 1. The highest BCUT2D eigenvalue weighted by Crippen LogP contribution is 2.54. The van der Waals surface area contributed by atoms with Gasteiger partial charge in [0.2, 0.25) is 9.84 Å². The molecule has 0 aromatic heterocycles. The second kappa shape index (κ2) is 17.0. The molecule has 0 bridgehead atoms. The van der Waals surface area contributed by atoms with E-state index in [1.807, 2.05) is 11.0 Å². The number of nitrogens with one attached hydrogen (secondary N) is 1. The molecule has 58 heavy (non-hydrogen) atoms. The van der Waals surface area contributed by atoms with E-state index < -0.39 is 15.5 Å². The van der Waals surface area contributed by atoms with Crippen LogP contribution in [0.25, 0.3) is 0 Å². The molecule has 1 saturated carbocycles. The van der Waals surface area contributed by atoms with E-state index in [0.717, 1.165) is 82.5 Å². The molecule has 1 amide bonds. The highest BCUT2D eigenvalue weighted by molar-refractivity contribution is 7.91. The molecule has 10 nitrogen and oxygen atoms in total. The monoisotopic (exact) mass is 818 g/mol. The number of anilines is 1. The maximum atomic E-state index is 16.3. The standard InChI is InChI=1S/C45H56F2N4O6S/c1-56-42(52)23-34-5-2-8-41(34)45(31-49-19-4-20-49,36-6-3-7-37(46)24-36)35-17-21-50(22-18-35)28-44(47)29-51(30-44)38-11-15-40(16-12-38)58(54,55)39-13-9-33(10-14-39)43(53)48-25-32-26-57-27-32/h3,6-7,9-16,24,32,34-35,41H,2,4-5,8,17-23,25-31H2,1H3,(H,48,53)/t34-,41+,45+/m1/s1. The Kier molecular flexibility index (Phi) is 12.0. The molecular formula is C45H56F2N4O6S. The summed E-state index contributed by atoms with van der Waals surface area (Å²) in [6.45, 7) is 6.92. The van der Waals surface area contributed by atoms with Gasteiger partial charge in [0.25, 0.3) is 5.91 Å². The number of hydrogen-bond acceptors (Lipinski definition) is 9. The molecule has 4 heterocycles. The van der Waals surface area contributed by atoms with Gasteiger partial charge in [0.05, 0.1) is 43.2 Å². The first kappa shape index (κ1) is 40.9. The molecule has 5 aliphatic rings. The molecule has 1 aliphatic carbocycles.